The Morgan fingerprint density at radius 2 is 1.95 bits per heavy atom. The summed E-state index contributed by atoms with van der Waals surface area (Å²) in [6.45, 7) is 8.04. The highest BCUT2D eigenvalue weighted by Crippen LogP contribution is 2.24. The molecule has 3 aromatic rings. The van der Waals surface area contributed by atoms with Crippen LogP contribution in [0.1, 0.15) is 29.0 Å². The molecule has 1 N–H and O–H groups in total. The Morgan fingerprint density at radius 3 is 2.65 bits per heavy atom. The van der Waals surface area contributed by atoms with Crippen LogP contribution < -0.4 is 9.64 Å². The number of piperazine rings is 1. The first-order chi connectivity index (χ1) is 18.1. The lowest BCUT2D eigenvalue weighted by molar-refractivity contribution is -0.0592. The highest BCUT2D eigenvalue weighted by atomic mass is 16.5. The van der Waals surface area contributed by atoms with Crippen LogP contribution in [0.2, 0.25) is 0 Å². The minimum atomic E-state index is -0.928. The van der Waals surface area contributed by atoms with E-state index in [9.17, 15) is 9.90 Å². The molecule has 10 heteroatoms. The van der Waals surface area contributed by atoms with Crippen LogP contribution in [-0.2, 0) is 22.6 Å². The predicted octanol–water partition coefficient (Wildman–Crippen LogP) is 2.66. The van der Waals surface area contributed by atoms with Gasteiger partial charge in [-0.25, -0.2) is 9.78 Å². The fourth-order valence-electron chi connectivity index (χ4n) is 5.04. The SMILES string of the molecule is O=C(O)c1ccc2nc(CN3CCN(c4cccc(OCCC5COC5)n4)CC3)n(C[C@@H]3CCO3)c2c1. The second kappa shape index (κ2) is 10.6. The zero-order chi connectivity index (χ0) is 25.2. The third-order valence-corrected chi connectivity index (χ3v) is 7.51. The van der Waals surface area contributed by atoms with Crippen molar-refractivity contribution in [2.75, 3.05) is 57.5 Å². The van der Waals surface area contributed by atoms with Crippen molar-refractivity contribution in [1.82, 2.24) is 19.4 Å². The number of imidazole rings is 1. The van der Waals surface area contributed by atoms with E-state index in [0.717, 1.165) is 81.5 Å². The molecular weight excluding hydrogens is 474 g/mol. The molecule has 0 unspecified atom stereocenters. The molecule has 3 aliphatic heterocycles. The van der Waals surface area contributed by atoms with E-state index in [4.69, 9.17) is 24.2 Å². The van der Waals surface area contributed by atoms with Crippen LogP contribution in [0, 0.1) is 5.92 Å². The normalized spacial score (nSPS) is 20.5. The summed E-state index contributed by atoms with van der Waals surface area (Å²) in [6.07, 6.45) is 2.17. The fraction of sp³-hybridized carbons (Fsp3) is 0.519. The molecule has 0 bridgehead atoms. The molecular formula is C27H33N5O5. The molecule has 0 radical (unpaired) electrons. The standard InChI is InChI=1S/C27H33N5O5/c33-27(34)20-4-5-22-23(14-20)32(15-21-7-13-36-21)25(28-22)16-30-8-10-31(11-9-30)24-2-1-3-26(29-24)37-12-6-19-17-35-18-19/h1-5,14,19,21H,6-13,15-18H2,(H,33,34)/t21-/m0/s1. The van der Waals surface area contributed by atoms with Crippen LogP contribution in [0.5, 0.6) is 5.88 Å². The molecule has 5 heterocycles. The first-order valence-corrected chi connectivity index (χ1v) is 13.1. The molecule has 0 saturated carbocycles. The summed E-state index contributed by atoms with van der Waals surface area (Å²) in [7, 11) is 0. The van der Waals surface area contributed by atoms with Crippen LogP contribution in [0.4, 0.5) is 5.82 Å². The Labute approximate surface area is 215 Å². The predicted molar refractivity (Wildman–Crippen MR) is 137 cm³/mol. The van der Waals surface area contributed by atoms with Gasteiger partial charge in [0.15, 0.2) is 0 Å². The lowest BCUT2D eigenvalue weighted by Crippen LogP contribution is -2.46. The molecule has 1 aromatic carbocycles. The number of pyridine rings is 1. The molecule has 196 valence electrons. The van der Waals surface area contributed by atoms with Crippen LogP contribution in [-0.4, -0.2) is 89.2 Å². The number of anilines is 1. The molecule has 10 nitrogen and oxygen atoms in total. The van der Waals surface area contributed by atoms with E-state index >= 15 is 0 Å². The Balaban J connectivity index is 1.10. The second-order valence-corrected chi connectivity index (χ2v) is 10.1. The summed E-state index contributed by atoms with van der Waals surface area (Å²) >= 11 is 0. The molecule has 37 heavy (non-hydrogen) atoms. The first-order valence-electron chi connectivity index (χ1n) is 13.1. The highest BCUT2D eigenvalue weighted by Gasteiger charge is 2.25. The minimum Gasteiger partial charge on any atom is -0.478 e. The number of rotatable bonds is 10. The van der Waals surface area contributed by atoms with Gasteiger partial charge in [0, 0.05) is 44.8 Å². The number of aromatic nitrogens is 3. The molecule has 0 spiro atoms. The lowest BCUT2D eigenvalue weighted by atomic mass is 10.1. The van der Waals surface area contributed by atoms with E-state index in [1.807, 2.05) is 18.2 Å². The van der Waals surface area contributed by atoms with Gasteiger partial charge in [0.2, 0.25) is 5.88 Å². The number of hydrogen-bond acceptors (Lipinski definition) is 8. The van der Waals surface area contributed by atoms with Crippen molar-refractivity contribution in [3.63, 3.8) is 0 Å². The van der Waals surface area contributed by atoms with Crippen molar-refractivity contribution in [3.05, 3.63) is 47.8 Å². The molecule has 2 aromatic heterocycles. The number of ether oxygens (including phenoxy) is 3. The average molecular weight is 508 g/mol. The van der Waals surface area contributed by atoms with Gasteiger partial charge in [-0.15, -0.1) is 0 Å². The first kappa shape index (κ1) is 24.1. The summed E-state index contributed by atoms with van der Waals surface area (Å²) in [6, 6.07) is 11.1. The lowest BCUT2D eigenvalue weighted by Gasteiger charge is -2.35. The zero-order valence-corrected chi connectivity index (χ0v) is 20.9. The molecule has 1 atom stereocenters. The van der Waals surface area contributed by atoms with Gasteiger partial charge in [-0.3, -0.25) is 4.90 Å². The van der Waals surface area contributed by atoms with Crippen LogP contribution in [0.3, 0.4) is 0 Å². The quantitative estimate of drug-likeness (QED) is 0.444. The van der Waals surface area contributed by atoms with Gasteiger partial charge in [0.25, 0.3) is 0 Å². The van der Waals surface area contributed by atoms with Crippen molar-refractivity contribution in [2.45, 2.75) is 32.0 Å². The van der Waals surface area contributed by atoms with Crippen molar-refractivity contribution < 1.29 is 24.1 Å². The molecule has 0 amide bonds. The van der Waals surface area contributed by atoms with E-state index < -0.39 is 5.97 Å². The Kier molecular flexibility index (Phi) is 6.95. The van der Waals surface area contributed by atoms with Crippen LogP contribution in [0.25, 0.3) is 11.0 Å². The Hall–Kier alpha value is -3.21. The monoisotopic (exact) mass is 507 g/mol. The van der Waals surface area contributed by atoms with Gasteiger partial charge in [0.1, 0.15) is 11.6 Å². The van der Waals surface area contributed by atoms with Crippen LogP contribution >= 0.6 is 0 Å². The number of carbonyl (C=O) groups is 1. The van der Waals surface area contributed by atoms with Gasteiger partial charge < -0.3 is 28.8 Å². The fourth-order valence-corrected chi connectivity index (χ4v) is 5.04. The zero-order valence-electron chi connectivity index (χ0n) is 20.9. The molecule has 3 saturated heterocycles. The van der Waals surface area contributed by atoms with Crippen molar-refractivity contribution in [2.24, 2.45) is 5.92 Å². The highest BCUT2D eigenvalue weighted by molar-refractivity contribution is 5.92. The van der Waals surface area contributed by atoms with Gasteiger partial charge in [0.05, 0.1) is 55.6 Å². The van der Waals surface area contributed by atoms with Gasteiger partial charge in [-0.05, 0) is 37.1 Å². The molecule has 0 aliphatic carbocycles. The number of carboxylic acids is 1. The van der Waals surface area contributed by atoms with E-state index in [-0.39, 0.29) is 11.7 Å². The second-order valence-electron chi connectivity index (χ2n) is 10.1. The Bertz CT molecular complexity index is 1250. The number of aromatic carboxylic acids is 1. The molecule has 3 fully saturated rings. The minimum absolute atomic E-state index is 0.157. The maximum atomic E-state index is 11.5. The third-order valence-electron chi connectivity index (χ3n) is 7.51. The third kappa shape index (κ3) is 5.41. The molecule has 6 rings (SSSR count). The number of fused-ring (bicyclic) bond motifs is 1. The largest absolute Gasteiger partial charge is 0.478 e. The van der Waals surface area contributed by atoms with Gasteiger partial charge in [-0.2, -0.15) is 4.98 Å². The summed E-state index contributed by atoms with van der Waals surface area (Å²) in [5.41, 5.74) is 1.96. The van der Waals surface area contributed by atoms with Crippen molar-refractivity contribution in [3.8, 4) is 5.88 Å². The summed E-state index contributed by atoms with van der Waals surface area (Å²) < 4.78 is 19.0. The van der Waals surface area contributed by atoms with E-state index in [2.05, 4.69) is 14.4 Å². The molecule has 3 aliphatic rings. The summed E-state index contributed by atoms with van der Waals surface area (Å²) in [5, 5.41) is 9.47. The number of nitrogens with zero attached hydrogens (tertiary/aromatic N) is 5. The topological polar surface area (TPSA) is 102 Å². The van der Waals surface area contributed by atoms with Crippen LogP contribution in [0.15, 0.2) is 36.4 Å². The van der Waals surface area contributed by atoms with Crippen molar-refractivity contribution >= 4 is 22.8 Å². The maximum Gasteiger partial charge on any atom is 0.335 e. The van der Waals surface area contributed by atoms with E-state index in [1.165, 1.54) is 0 Å². The maximum absolute atomic E-state index is 11.5. The number of hydrogen-bond donors (Lipinski definition) is 1. The Morgan fingerprint density at radius 1 is 1.11 bits per heavy atom. The summed E-state index contributed by atoms with van der Waals surface area (Å²) in [5.74, 6) is 2.26. The van der Waals surface area contributed by atoms with E-state index in [0.29, 0.717) is 31.5 Å². The van der Waals surface area contributed by atoms with E-state index in [1.54, 1.807) is 18.2 Å². The number of carboxylic acid groups (broad SMARTS) is 1. The van der Waals surface area contributed by atoms with Gasteiger partial charge in [-0.1, -0.05) is 6.07 Å². The average Bonchev–Trinajstić information content (AvgIpc) is 3.19. The summed E-state index contributed by atoms with van der Waals surface area (Å²) in [4.78, 5) is 25.9. The van der Waals surface area contributed by atoms with Crippen molar-refractivity contribution in [1.29, 1.82) is 0 Å². The number of benzene rings is 1. The van der Waals surface area contributed by atoms with Gasteiger partial charge >= 0.3 is 5.97 Å². The smallest absolute Gasteiger partial charge is 0.335 e.